The van der Waals surface area contributed by atoms with Gasteiger partial charge < -0.3 is 5.32 Å². The van der Waals surface area contributed by atoms with Crippen molar-refractivity contribution in [3.63, 3.8) is 0 Å². The van der Waals surface area contributed by atoms with Crippen molar-refractivity contribution >= 4 is 0 Å². The highest BCUT2D eigenvalue weighted by Crippen LogP contribution is 2.00. The molecule has 0 rings (SSSR count). The predicted octanol–water partition coefficient (Wildman–Crippen LogP) is 1.91. The Balaban J connectivity index is 3.19. The molecule has 1 heteroatoms. The van der Waals surface area contributed by atoms with E-state index in [0.29, 0.717) is 6.54 Å². The molecular formula is C9H15N. The summed E-state index contributed by atoms with van der Waals surface area (Å²) < 4.78 is 0. The number of rotatable bonds is 5. The van der Waals surface area contributed by atoms with Crippen LogP contribution in [0.3, 0.4) is 0 Å². The quantitative estimate of drug-likeness (QED) is 0.571. The topological polar surface area (TPSA) is 12.0 Å². The largest absolute Gasteiger partial charge is 0.378 e. The summed E-state index contributed by atoms with van der Waals surface area (Å²) in [6, 6.07) is 0. The maximum absolute atomic E-state index is 5.05. The maximum atomic E-state index is 5.05. The Labute approximate surface area is 63.5 Å². The Bertz CT molecular complexity index is 130. The summed E-state index contributed by atoms with van der Waals surface area (Å²) in [7, 11) is 0. The van der Waals surface area contributed by atoms with Crippen LogP contribution in [0.5, 0.6) is 0 Å². The lowest BCUT2D eigenvalue weighted by Gasteiger charge is -2.03. The first-order chi connectivity index (χ1) is 4.81. The van der Waals surface area contributed by atoms with E-state index in [1.165, 1.54) is 12.8 Å². The van der Waals surface area contributed by atoms with Crippen LogP contribution in [-0.4, -0.2) is 6.54 Å². The molecule has 0 spiro atoms. The van der Waals surface area contributed by atoms with Crippen LogP contribution in [0.2, 0.25) is 0 Å². The predicted molar refractivity (Wildman–Crippen MR) is 45.5 cm³/mol. The highest BCUT2D eigenvalue weighted by atomic mass is 14.9. The molecule has 0 unspecified atom stereocenters. The van der Waals surface area contributed by atoms with Crippen LogP contribution in [0.4, 0.5) is 0 Å². The normalized spacial score (nSPS) is 8.40. The molecule has 0 aliphatic heterocycles. The highest BCUT2D eigenvalue weighted by molar-refractivity contribution is 4.97. The Kier molecular flexibility index (Phi) is 5.66. The summed E-state index contributed by atoms with van der Waals surface area (Å²) in [4.78, 5) is 0. The molecule has 0 heterocycles. The fraction of sp³-hybridized carbons (Fsp3) is 0.556. The van der Waals surface area contributed by atoms with Gasteiger partial charge in [-0.05, 0) is 12.8 Å². The van der Waals surface area contributed by atoms with Gasteiger partial charge in [-0.3, -0.25) is 0 Å². The van der Waals surface area contributed by atoms with Crippen molar-refractivity contribution < 1.29 is 0 Å². The molecule has 56 valence electrons. The molecular weight excluding hydrogens is 122 g/mol. The second kappa shape index (κ2) is 6.22. The van der Waals surface area contributed by atoms with E-state index < -0.39 is 0 Å². The molecule has 0 amide bonds. The lowest BCUT2D eigenvalue weighted by atomic mass is 10.2. The van der Waals surface area contributed by atoms with Crippen LogP contribution < -0.4 is 5.32 Å². The van der Waals surface area contributed by atoms with Crippen LogP contribution >= 0.6 is 0 Å². The second-order valence-corrected chi connectivity index (χ2v) is 2.26. The molecule has 10 heavy (non-hydrogen) atoms. The van der Waals surface area contributed by atoms with Crippen LogP contribution in [0.15, 0.2) is 12.3 Å². The molecule has 0 aliphatic carbocycles. The Morgan fingerprint density at radius 2 is 2.40 bits per heavy atom. The molecule has 0 aromatic heterocycles. The summed E-state index contributed by atoms with van der Waals surface area (Å²) in [6.45, 7) is 6.58. The van der Waals surface area contributed by atoms with E-state index in [9.17, 15) is 0 Å². The van der Waals surface area contributed by atoms with Crippen molar-refractivity contribution in [1.29, 1.82) is 0 Å². The van der Waals surface area contributed by atoms with Crippen molar-refractivity contribution in [3.05, 3.63) is 12.3 Å². The van der Waals surface area contributed by atoms with Crippen molar-refractivity contribution in [3.8, 4) is 12.3 Å². The monoisotopic (exact) mass is 137 g/mol. The number of terminal acetylenes is 1. The number of unbranched alkanes of at least 4 members (excludes halogenated alkanes) is 1. The molecule has 0 aromatic carbocycles. The first kappa shape index (κ1) is 9.10. The van der Waals surface area contributed by atoms with Crippen LogP contribution in [0.25, 0.3) is 0 Å². The number of nitrogens with one attached hydrogen (secondary N) is 1. The zero-order chi connectivity index (χ0) is 7.82. The maximum Gasteiger partial charge on any atom is 0.0760 e. The van der Waals surface area contributed by atoms with Gasteiger partial charge in [0.1, 0.15) is 0 Å². The zero-order valence-corrected chi connectivity index (χ0v) is 6.61. The van der Waals surface area contributed by atoms with Gasteiger partial charge in [-0.15, -0.1) is 6.42 Å². The van der Waals surface area contributed by atoms with E-state index in [2.05, 4.69) is 24.7 Å². The second-order valence-electron chi connectivity index (χ2n) is 2.26. The fourth-order valence-electron chi connectivity index (χ4n) is 0.655. The molecule has 0 atom stereocenters. The van der Waals surface area contributed by atoms with Gasteiger partial charge in [0.25, 0.3) is 0 Å². The van der Waals surface area contributed by atoms with Crippen molar-refractivity contribution in [1.82, 2.24) is 5.32 Å². The smallest absolute Gasteiger partial charge is 0.0760 e. The van der Waals surface area contributed by atoms with E-state index in [0.717, 1.165) is 12.1 Å². The Hall–Kier alpha value is -0.900. The van der Waals surface area contributed by atoms with Crippen LogP contribution in [0.1, 0.15) is 26.2 Å². The summed E-state index contributed by atoms with van der Waals surface area (Å²) in [5.74, 6) is 2.50. The van der Waals surface area contributed by atoms with Gasteiger partial charge in [0, 0.05) is 5.70 Å². The zero-order valence-electron chi connectivity index (χ0n) is 6.61. The highest BCUT2D eigenvalue weighted by Gasteiger charge is 1.88. The van der Waals surface area contributed by atoms with Crippen molar-refractivity contribution in [2.24, 2.45) is 0 Å². The van der Waals surface area contributed by atoms with E-state index in [1.54, 1.807) is 0 Å². The lowest BCUT2D eigenvalue weighted by Crippen LogP contribution is -2.11. The van der Waals surface area contributed by atoms with Gasteiger partial charge in [-0.25, -0.2) is 0 Å². The molecule has 0 fully saturated rings. The molecule has 0 aliphatic rings. The summed E-state index contributed by atoms with van der Waals surface area (Å²) in [5.41, 5.74) is 1.06. The average molecular weight is 137 g/mol. The lowest BCUT2D eigenvalue weighted by molar-refractivity contribution is 0.735. The number of hydrogen-bond donors (Lipinski definition) is 1. The molecule has 1 N–H and O–H groups in total. The van der Waals surface area contributed by atoms with Gasteiger partial charge in [0.15, 0.2) is 0 Å². The molecule has 0 radical (unpaired) electrons. The Morgan fingerprint density at radius 3 is 2.90 bits per heavy atom. The minimum Gasteiger partial charge on any atom is -0.378 e. The Morgan fingerprint density at radius 1 is 1.70 bits per heavy atom. The van der Waals surface area contributed by atoms with E-state index in [4.69, 9.17) is 6.42 Å². The standard InChI is InChI=1S/C9H15N/c1-4-6-7-9(3)10-8-5-2/h2,10H,3-4,6-8H2,1H3. The van der Waals surface area contributed by atoms with E-state index in [-0.39, 0.29) is 0 Å². The summed E-state index contributed by atoms with van der Waals surface area (Å²) in [5, 5.41) is 3.04. The minimum absolute atomic E-state index is 0.600. The molecule has 0 bridgehead atoms. The van der Waals surface area contributed by atoms with Crippen LogP contribution in [-0.2, 0) is 0 Å². The summed E-state index contributed by atoms with van der Waals surface area (Å²) in [6.07, 6.45) is 8.49. The van der Waals surface area contributed by atoms with Gasteiger partial charge in [-0.1, -0.05) is 25.8 Å². The average Bonchev–Trinajstić information content (AvgIpc) is 1.97. The molecule has 0 aromatic rings. The fourth-order valence-corrected chi connectivity index (χ4v) is 0.655. The van der Waals surface area contributed by atoms with Gasteiger partial charge in [0.05, 0.1) is 6.54 Å². The summed E-state index contributed by atoms with van der Waals surface area (Å²) >= 11 is 0. The third kappa shape index (κ3) is 5.24. The third-order valence-electron chi connectivity index (χ3n) is 1.27. The molecule has 0 saturated heterocycles. The first-order valence-electron chi connectivity index (χ1n) is 3.66. The molecule has 0 saturated carbocycles. The van der Waals surface area contributed by atoms with Gasteiger partial charge >= 0.3 is 0 Å². The SMILES string of the molecule is C#CCNC(=C)CCCC. The van der Waals surface area contributed by atoms with Crippen molar-refractivity contribution in [2.75, 3.05) is 6.54 Å². The minimum atomic E-state index is 0.600. The van der Waals surface area contributed by atoms with E-state index in [1.807, 2.05) is 0 Å². The third-order valence-corrected chi connectivity index (χ3v) is 1.27. The van der Waals surface area contributed by atoms with E-state index >= 15 is 0 Å². The van der Waals surface area contributed by atoms with Gasteiger partial charge in [0.2, 0.25) is 0 Å². The van der Waals surface area contributed by atoms with Crippen molar-refractivity contribution in [2.45, 2.75) is 26.2 Å². The molecule has 1 nitrogen and oxygen atoms in total. The van der Waals surface area contributed by atoms with Gasteiger partial charge in [-0.2, -0.15) is 0 Å². The first-order valence-corrected chi connectivity index (χ1v) is 3.66. The number of hydrogen-bond acceptors (Lipinski definition) is 1. The number of allylic oxidation sites excluding steroid dienone is 1. The van der Waals surface area contributed by atoms with Crippen LogP contribution in [0, 0.1) is 12.3 Å².